The highest BCUT2D eigenvalue weighted by atomic mass is 32.2. The van der Waals surface area contributed by atoms with Crippen LogP contribution in [0.3, 0.4) is 0 Å². The topological polar surface area (TPSA) is 63.3 Å². The van der Waals surface area contributed by atoms with Crippen molar-refractivity contribution in [2.45, 2.75) is 11.8 Å². The first-order chi connectivity index (χ1) is 12.2. The molecule has 0 aliphatic heterocycles. The SMILES string of the molecule is CCOc1ccccc1NC(=O)CSc1c[nH]c2cccc(OC)c12. The van der Waals surface area contributed by atoms with E-state index < -0.39 is 0 Å². The van der Waals surface area contributed by atoms with Crippen molar-refractivity contribution in [1.29, 1.82) is 0 Å². The van der Waals surface area contributed by atoms with Gasteiger partial charge in [0.05, 0.1) is 36.1 Å². The number of carbonyl (C=O) groups is 1. The summed E-state index contributed by atoms with van der Waals surface area (Å²) in [5.41, 5.74) is 1.68. The Kier molecular flexibility index (Phi) is 5.50. The standard InChI is InChI=1S/C19H20N2O3S/c1-3-24-15-9-5-4-7-13(15)21-18(22)12-25-17-11-20-14-8-6-10-16(23-2)19(14)17/h4-11,20H,3,12H2,1-2H3,(H,21,22). The number of hydrogen-bond acceptors (Lipinski definition) is 4. The van der Waals surface area contributed by atoms with Crippen LogP contribution in [0.1, 0.15) is 6.92 Å². The lowest BCUT2D eigenvalue weighted by atomic mass is 10.2. The van der Waals surface area contributed by atoms with E-state index >= 15 is 0 Å². The molecule has 0 spiro atoms. The molecule has 25 heavy (non-hydrogen) atoms. The summed E-state index contributed by atoms with van der Waals surface area (Å²) in [4.78, 5) is 16.5. The van der Waals surface area contributed by atoms with Crippen LogP contribution in [0.5, 0.6) is 11.5 Å². The number of rotatable bonds is 7. The van der Waals surface area contributed by atoms with Crippen LogP contribution in [0, 0.1) is 0 Å². The van der Waals surface area contributed by atoms with Crippen molar-refractivity contribution >= 4 is 34.3 Å². The van der Waals surface area contributed by atoms with Gasteiger partial charge < -0.3 is 19.8 Å². The maximum Gasteiger partial charge on any atom is 0.234 e. The fourth-order valence-corrected chi connectivity index (χ4v) is 3.44. The summed E-state index contributed by atoms with van der Waals surface area (Å²) >= 11 is 1.47. The molecule has 0 fully saturated rings. The minimum atomic E-state index is -0.0820. The van der Waals surface area contributed by atoms with Gasteiger partial charge in [0.2, 0.25) is 5.91 Å². The Balaban J connectivity index is 1.69. The van der Waals surface area contributed by atoms with Crippen molar-refractivity contribution in [1.82, 2.24) is 4.98 Å². The van der Waals surface area contributed by atoms with Crippen LogP contribution < -0.4 is 14.8 Å². The van der Waals surface area contributed by atoms with Crippen molar-refractivity contribution < 1.29 is 14.3 Å². The first-order valence-electron chi connectivity index (χ1n) is 8.01. The highest BCUT2D eigenvalue weighted by Gasteiger charge is 2.12. The van der Waals surface area contributed by atoms with Crippen LogP contribution in [0.25, 0.3) is 10.9 Å². The molecular formula is C19H20N2O3S. The van der Waals surface area contributed by atoms with Crippen molar-refractivity contribution in [3.05, 3.63) is 48.7 Å². The molecule has 0 unspecified atom stereocenters. The van der Waals surface area contributed by atoms with Gasteiger partial charge in [0.15, 0.2) is 0 Å². The predicted molar refractivity (Wildman–Crippen MR) is 102 cm³/mol. The highest BCUT2D eigenvalue weighted by molar-refractivity contribution is 8.00. The molecule has 0 bridgehead atoms. The molecule has 0 saturated heterocycles. The molecule has 0 radical (unpaired) electrons. The predicted octanol–water partition coefficient (Wildman–Crippen LogP) is 4.31. The monoisotopic (exact) mass is 356 g/mol. The molecule has 0 saturated carbocycles. The van der Waals surface area contributed by atoms with E-state index in [9.17, 15) is 4.79 Å². The van der Waals surface area contributed by atoms with Crippen LogP contribution in [-0.4, -0.2) is 30.4 Å². The van der Waals surface area contributed by atoms with Crippen LogP contribution in [-0.2, 0) is 4.79 Å². The Bertz CT molecular complexity index is 876. The van der Waals surface area contributed by atoms with E-state index in [-0.39, 0.29) is 5.91 Å². The minimum Gasteiger partial charge on any atom is -0.496 e. The lowest BCUT2D eigenvalue weighted by molar-refractivity contribution is -0.113. The van der Waals surface area contributed by atoms with Crippen molar-refractivity contribution in [3.8, 4) is 11.5 Å². The number of fused-ring (bicyclic) bond motifs is 1. The Morgan fingerprint density at radius 2 is 1.96 bits per heavy atom. The third-order valence-electron chi connectivity index (χ3n) is 3.67. The highest BCUT2D eigenvalue weighted by Crippen LogP contribution is 2.34. The van der Waals surface area contributed by atoms with Crippen LogP contribution in [0.2, 0.25) is 0 Å². The molecule has 1 aromatic heterocycles. The number of anilines is 1. The summed E-state index contributed by atoms with van der Waals surface area (Å²) in [5.74, 6) is 1.69. The number of amides is 1. The number of hydrogen-bond donors (Lipinski definition) is 2. The van der Waals surface area contributed by atoms with E-state index in [0.717, 1.165) is 21.5 Å². The van der Waals surface area contributed by atoms with E-state index in [2.05, 4.69) is 10.3 Å². The van der Waals surface area contributed by atoms with Gasteiger partial charge in [-0.1, -0.05) is 18.2 Å². The average Bonchev–Trinajstić information content (AvgIpc) is 3.05. The number of aromatic nitrogens is 1. The van der Waals surface area contributed by atoms with E-state index in [1.807, 2.05) is 55.6 Å². The van der Waals surface area contributed by atoms with Crippen molar-refractivity contribution in [2.24, 2.45) is 0 Å². The van der Waals surface area contributed by atoms with Crippen LogP contribution in [0.15, 0.2) is 53.6 Å². The normalized spacial score (nSPS) is 10.6. The van der Waals surface area contributed by atoms with Gasteiger partial charge in [-0.05, 0) is 31.2 Å². The maximum absolute atomic E-state index is 12.3. The number of nitrogens with one attached hydrogen (secondary N) is 2. The van der Waals surface area contributed by atoms with Crippen molar-refractivity contribution in [2.75, 3.05) is 24.8 Å². The number of H-pyrrole nitrogens is 1. The Labute approximate surface area is 150 Å². The van der Waals surface area contributed by atoms with E-state index in [0.29, 0.717) is 23.8 Å². The second-order valence-corrected chi connectivity index (χ2v) is 6.32. The third kappa shape index (κ3) is 3.91. The lowest BCUT2D eigenvalue weighted by Crippen LogP contribution is -2.14. The van der Waals surface area contributed by atoms with E-state index in [1.165, 1.54) is 11.8 Å². The lowest BCUT2D eigenvalue weighted by Gasteiger charge is -2.11. The zero-order valence-electron chi connectivity index (χ0n) is 14.2. The molecule has 0 atom stereocenters. The number of aromatic amines is 1. The van der Waals surface area contributed by atoms with Crippen LogP contribution in [0.4, 0.5) is 5.69 Å². The zero-order valence-corrected chi connectivity index (χ0v) is 15.0. The number of carbonyl (C=O) groups excluding carboxylic acids is 1. The van der Waals surface area contributed by atoms with Gasteiger partial charge in [-0.25, -0.2) is 0 Å². The molecule has 2 aromatic carbocycles. The van der Waals surface area contributed by atoms with Gasteiger partial charge in [0.25, 0.3) is 0 Å². The second kappa shape index (κ2) is 7.98. The van der Waals surface area contributed by atoms with Crippen LogP contribution >= 0.6 is 11.8 Å². The Morgan fingerprint density at radius 1 is 1.16 bits per heavy atom. The van der Waals surface area contributed by atoms with E-state index in [1.54, 1.807) is 7.11 Å². The summed E-state index contributed by atoms with van der Waals surface area (Å²) < 4.78 is 11.0. The molecule has 3 aromatic rings. The summed E-state index contributed by atoms with van der Waals surface area (Å²) in [7, 11) is 1.65. The van der Waals surface area contributed by atoms with Gasteiger partial charge >= 0.3 is 0 Å². The smallest absolute Gasteiger partial charge is 0.234 e. The molecule has 2 N–H and O–H groups in total. The minimum absolute atomic E-state index is 0.0820. The zero-order chi connectivity index (χ0) is 17.6. The fraction of sp³-hybridized carbons (Fsp3) is 0.211. The fourth-order valence-electron chi connectivity index (χ4n) is 2.59. The van der Waals surface area contributed by atoms with E-state index in [4.69, 9.17) is 9.47 Å². The van der Waals surface area contributed by atoms with Gasteiger partial charge in [-0.2, -0.15) is 0 Å². The second-order valence-electron chi connectivity index (χ2n) is 5.30. The molecule has 0 aliphatic rings. The first kappa shape index (κ1) is 17.2. The molecule has 6 heteroatoms. The Hall–Kier alpha value is -2.60. The third-order valence-corrected chi connectivity index (χ3v) is 4.71. The van der Waals surface area contributed by atoms with Gasteiger partial charge in [0, 0.05) is 11.1 Å². The molecule has 5 nitrogen and oxygen atoms in total. The number of thioether (sulfide) groups is 1. The first-order valence-corrected chi connectivity index (χ1v) is 9.00. The summed E-state index contributed by atoms with van der Waals surface area (Å²) in [6.45, 7) is 2.47. The summed E-state index contributed by atoms with van der Waals surface area (Å²) in [6, 6.07) is 13.3. The molecule has 3 rings (SSSR count). The molecule has 1 amide bonds. The maximum atomic E-state index is 12.3. The van der Waals surface area contributed by atoms with Crippen molar-refractivity contribution in [3.63, 3.8) is 0 Å². The molecular weight excluding hydrogens is 336 g/mol. The molecule has 0 aliphatic carbocycles. The van der Waals surface area contributed by atoms with Gasteiger partial charge in [-0.3, -0.25) is 4.79 Å². The number of methoxy groups -OCH3 is 1. The molecule has 1 heterocycles. The average molecular weight is 356 g/mol. The molecule has 130 valence electrons. The Morgan fingerprint density at radius 3 is 2.76 bits per heavy atom. The summed E-state index contributed by atoms with van der Waals surface area (Å²) in [5, 5.41) is 3.91. The summed E-state index contributed by atoms with van der Waals surface area (Å²) in [6.07, 6.45) is 1.90. The quantitative estimate of drug-likeness (QED) is 0.619. The number of para-hydroxylation sites is 2. The largest absolute Gasteiger partial charge is 0.496 e. The number of ether oxygens (including phenoxy) is 2. The van der Waals surface area contributed by atoms with Gasteiger partial charge in [-0.15, -0.1) is 11.8 Å². The number of benzene rings is 2. The van der Waals surface area contributed by atoms with Gasteiger partial charge in [0.1, 0.15) is 11.5 Å².